The molecule has 1 saturated heterocycles. The zero-order chi connectivity index (χ0) is 16.3. The van der Waals surface area contributed by atoms with Crippen LogP contribution in [-0.4, -0.2) is 44.2 Å². The predicted molar refractivity (Wildman–Crippen MR) is 87.2 cm³/mol. The highest BCUT2D eigenvalue weighted by atomic mass is 16.3. The number of rotatable bonds is 3. The van der Waals surface area contributed by atoms with Gasteiger partial charge in [-0.1, -0.05) is 19.3 Å². The summed E-state index contributed by atoms with van der Waals surface area (Å²) < 4.78 is 0. The fraction of sp³-hybridized carbons (Fsp3) is 0.667. The Labute approximate surface area is 137 Å². The quantitative estimate of drug-likeness (QED) is 0.899. The van der Waals surface area contributed by atoms with Crippen molar-refractivity contribution >= 4 is 5.91 Å². The van der Waals surface area contributed by atoms with Gasteiger partial charge in [0.15, 0.2) is 5.69 Å². The van der Waals surface area contributed by atoms with E-state index in [0.717, 1.165) is 44.9 Å². The van der Waals surface area contributed by atoms with E-state index in [1.54, 1.807) is 6.07 Å². The number of piperidine rings is 1. The third-order valence-electron chi connectivity index (χ3n) is 5.28. The van der Waals surface area contributed by atoms with Gasteiger partial charge in [-0.25, -0.2) is 4.98 Å². The van der Waals surface area contributed by atoms with E-state index in [-0.39, 0.29) is 23.4 Å². The lowest BCUT2D eigenvalue weighted by Gasteiger charge is -2.42. The Morgan fingerprint density at radius 1 is 1.26 bits per heavy atom. The molecule has 1 aliphatic carbocycles. The van der Waals surface area contributed by atoms with Gasteiger partial charge in [0.05, 0.1) is 5.60 Å². The molecule has 0 bridgehead atoms. The summed E-state index contributed by atoms with van der Waals surface area (Å²) in [6.45, 7) is 0.676. The van der Waals surface area contributed by atoms with Crippen LogP contribution in [0.15, 0.2) is 18.3 Å². The number of hydrogen-bond acceptors (Lipinski definition) is 4. The summed E-state index contributed by atoms with van der Waals surface area (Å²) in [6, 6.07) is 3.15. The van der Waals surface area contributed by atoms with Crippen molar-refractivity contribution in [2.45, 2.75) is 69.4 Å². The molecule has 1 amide bonds. The molecule has 1 aromatic rings. The third kappa shape index (κ3) is 3.66. The van der Waals surface area contributed by atoms with Crippen LogP contribution in [0.25, 0.3) is 0 Å². The van der Waals surface area contributed by atoms with Gasteiger partial charge in [0, 0.05) is 18.8 Å². The summed E-state index contributed by atoms with van der Waals surface area (Å²) in [4.78, 5) is 18.7. The van der Waals surface area contributed by atoms with E-state index in [2.05, 4.69) is 4.98 Å². The van der Waals surface area contributed by atoms with Gasteiger partial charge < -0.3 is 15.1 Å². The van der Waals surface area contributed by atoms with Crippen LogP contribution in [0.1, 0.15) is 68.3 Å². The summed E-state index contributed by atoms with van der Waals surface area (Å²) in [7, 11) is 0. The number of carbonyl (C=O) groups is 1. The number of aliphatic hydroxyl groups is 1. The first-order valence-electron chi connectivity index (χ1n) is 8.76. The van der Waals surface area contributed by atoms with Crippen LogP contribution in [-0.2, 0) is 0 Å². The molecular formula is C18H26N2O3. The van der Waals surface area contributed by atoms with Gasteiger partial charge in [0.25, 0.3) is 5.91 Å². The molecule has 1 unspecified atom stereocenters. The summed E-state index contributed by atoms with van der Waals surface area (Å²) in [5.74, 6) is -0.287. The molecule has 5 nitrogen and oxygen atoms in total. The van der Waals surface area contributed by atoms with E-state index in [1.807, 2.05) is 4.90 Å². The van der Waals surface area contributed by atoms with Crippen molar-refractivity contribution in [1.29, 1.82) is 0 Å². The fourth-order valence-electron chi connectivity index (χ4n) is 4.03. The van der Waals surface area contributed by atoms with E-state index in [9.17, 15) is 15.0 Å². The van der Waals surface area contributed by atoms with Crippen molar-refractivity contribution in [3.8, 4) is 5.75 Å². The average molecular weight is 318 g/mol. The minimum atomic E-state index is -0.634. The number of amides is 1. The maximum Gasteiger partial charge on any atom is 0.276 e. The van der Waals surface area contributed by atoms with Crippen LogP contribution in [0.4, 0.5) is 0 Å². The molecule has 2 aliphatic rings. The zero-order valence-electron chi connectivity index (χ0n) is 13.6. The number of aromatic hydroxyl groups is 1. The van der Waals surface area contributed by atoms with Gasteiger partial charge in [-0.05, 0) is 50.7 Å². The van der Waals surface area contributed by atoms with Gasteiger partial charge in [0.1, 0.15) is 5.75 Å². The van der Waals surface area contributed by atoms with E-state index in [0.29, 0.717) is 13.0 Å². The highest BCUT2D eigenvalue weighted by molar-refractivity contribution is 5.95. The second kappa shape index (κ2) is 6.87. The molecule has 1 saturated carbocycles. The molecule has 2 fully saturated rings. The number of hydrogen-bond donors (Lipinski definition) is 2. The van der Waals surface area contributed by atoms with Crippen LogP contribution in [0.3, 0.4) is 0 Å². The fourth-order valence-corrected chi connectivity index (χ4v) is 4.03. The van der Waals surface area contributed by atoms with Gasteiger partial charge in [-0.15, -0.1) is 0 Å². The smallest absolute Gasteiger partial charge is 0.276 e. The Kier molecular flexibility index (Phi) is 4.85. The lowest BCUT2D eigenvalue weighted by atomic mass is 9.78. The molecule has 0 radical (unpaired) electrons. The first kappa shape index (κ1) is 16.2. The summed E-state index contributed by atoms with van der Waals surface area (Å²) in [5, 5.41) is 20.8. The minimum absolute atomic E-state index is 0.0424. The van der Waals surface area contributed by atoms with Crippen molar-refractivity contribution in [2.24, 2.45) is 0 Å². The Morgan fingerprint density at radius 2 is 2.04 bits per heavy atom. The number of pyridine rings is 1. The molecule has 5 heteroatoms. The standard InChI is InChI=1S/C18H26N2O3/c21-15-8-6-11-19-16(15)17(22)20-12-5-2-7-14(20)13-18(23)9-3-1-4-10-18/h6,8,11,14,21,23H,1-5,7,9-10,12-13H2. The zero-order valence-corrected chi connectivity index (χ0v) is 13.6. The van der Waals surface area contributed by atoms with Crippen molar-refractivity contribution in [2.75, 3.05) is 6.54 Å². The van der Waals surface area contributed by atoms with Gasteiger partial charge in [-0.3, -0.25) is 4.79 Å². The van der Waals surface area contributed by atoms with E-state index in [1.165, 1.54) is 18.7 Å². The summed E-state index contributed by atoms with van der Waals surface area (Å²) in [5.41, 5.74) is -0.514. The molecule has 23 heavy (non-hydrogen) atoms. The van der Waals surface area contributed by atoms with Gasteiger partial charge >= 0.3 is 0 Å². The first-order valence-corrected chi connectivity index (χ1v) is 8.76. The Balaban J connectivity index is 1.76. The van der Waals surface area contributed by atoms with Crippen LogP contribution < -0.4 is 0 Å². The van der Waals surface area contributed by atoms with Crippen molar-refractivity contribution in [3.63, 3.8) is 0 Å². The topological polar surface area (TPSA) is 73.7 Å². The predicted octanol–water partition coefficient (Wildman–Crippen LogP) is 2.87. The molecule has 1 aromatic heterocycles. The average Bonchev–Trinajstić information content (AvgIpc) is 2.55. The second-order valence-electron chi connectivity index (χ2n) is 7.01. The summed E-state index contributed by atoms with van der Waals surface area (Å²) >= 11 is 0. The van der Waals surface area contributed by atoms with Crippen molar-refractivity contribution in [1.82, 2.24) is 9.88 Å². The normalized spacial score (nSPS) is 24.4. The molecule has 0 aromatic carbocycles. The Morgan fingerprint density at radius 3 is 2.78 bits per heavy atom. The lowest BCUT2D eigenvalue weighted by Crippen LogP contribution is -2.48. The van der Waals surface area contributed by atoms with E-state index < -0.39 is 5.60 Å². The Hall–Kier alpha value is -1.62. The number of nitrogens with zero attached hydrogens (tertiary/aromatic N) is 2. The molecule has 3 rings (SSSR count). The Bertz CT molecular complexity index is 555. The third-order valence-corrected chi connectivity index (χ3v) is 5.28. The van der Waals surface area contributed by atoms with E-state index in [4.69, 9.17) is 0 Å². The minimum Gasteiger partial charge on any atom is -0.505 e. The highest BCUT2D eigenvalue weighted by Crippen LogP contribution is 2.35. The molecule has 1 atom stereocenters. The molecule has 0 spiro atoms. The molecule has 1 aliphatic heterocycles. The van der Waals surface area contributed by atoms with Crippen molar-refractivity contribution < 1.29 is 15.0 Å². The lowest BCUT2D eigenvalue weighted by molar-refractivity contribution is -0.0297. The SMILES string of the molecule is O=C(c1ncccc1O)N1CCCCC1CC1(O)CCCCC1. The number of likely N-dealkylation sites (tertiary alicyclic amines) is 1. The first-order chi connectivity index (χ1) is 11.1. The summed E-state index contributed by atoms with van der Waals surface area (Å²) in [6.07, 6.45) is 10.1. The second-order valence-corrected chi connectivity index (χ2v) is 7.01. The largest absolute Gasteiger partial charge is 0.505 e. The van der Waals surface area contributed by atoms with Crippen LogP contribution >= 0.6 is 0 Å². The van der Waals surface area contributed by atoms with Crippen molar-refractivity contribution in [3.05, 3.63) is 24.0 Å². The maximum atomic E-state index is 12.8. The number of carbonyl (C=O) groups excluding carboxylic acids is 1. The molecular weight excluding hydrogens is 292 g/mol. The van der Waals surface area contributed by atoms with Gasteiger partial charge in [0.2, 0.25) is 0 Å². The molecule has 126 valence electrons. The number of aromatic nitrogens is 1. The maximum absolute atomic E-state index is 12.8. The monoisotopic (exact) mass is 318 g/mol. The molecule has 2 N–H and O–H groups in total. The van der Waals surface area contributed by atoms with E-state index >= 15 is 0 Å². The van der Waals surface area contributed by atoms with Crippen LogP contribution in [0.2, 0.25) is 0 Å². The van der Waals surface area contributed by atoms with Crippen LogP contribution in [0, 0.1) is 0 Å². The van der Waals surface area contributed by atoms with Gasteiger partial charge in [-0.2, -0.15) is 0 Å². The van der Waals surface area contributed by atoms with Crippen LogP contribution in [0.5, 0.6) is 5.75 Å². The molecule has 2 heterocycles. The highest BCUT2D eigenvalue weighted by Gasteiger charge is 2.37.